The van der Waals surface area contributed by atoms with E-state index in [1.165, 1.54) is 0 Å². The molecule has 1 N–H and O–H groups in total. The summed E-state index contributed by atoms with van der Waals surface area (Å²) in [5.41, 5.74) is 0.905. The first kappa shape index (κ1) is 16.7. The number of nitrogens with one attached hydrogen (secondary N) is 1. The van der Waals surface area contributed by atoms with E-state index in [1.54, 1.807) is 11.0 Å². The van der Waals surface area contributed by atoms with Gasteiger partial charge < -0.3 is 15.1 Å². The lowest BCUT2D eigenvalue weighted by Crippen LogP contribution is -2.62. The van der Waals surface area contributed by atoms with Gasteiger partial charge in [-0.2, -0.15) is 0 Å². The SMILES string of the molecule is Cc1cccc(Cl)c1NC(=O)N1CCCC12CCCN(C1CC1)C2=O. The largest absolute Gasteiger partial charge is 0.338 e. The highest BCUT2D eigenvalue weighted by molar-refractivity contribution is 6.33. The van der Waals surface area contributed by atoms with Crippen molar-refractivity contribution in [3.8, 4) is 0 Å². The van der Waals surface area contributed by atoms with Crippen LogP contribution < -0.4 is 5.32 Å². The van der Waals surface area contributed by atoms with Crippen LogP contribution in [0, 0.1) is 6.92 Å². The Balaban J connectivity index is 1.58. The van der Waals surface area contributed by atoms with Crippen LogP contribution in [0.5, 0.6) is 0 Å². The van der Waals surface area contributed by atoms with E-state index in [0.717, 1.165) is 50.6 Å². The van der Waals surface area contributed by atoms with Gasteiger partial charge in [0.05, 0.1) is 10.7 Å². The second-order valence-electron chi connectivity index (χ2n) is 7.48. The molecule has 0 aromatic heterocycles. The van der Waals surface area contributed by atoms with Crippen LogP contribution in [0.25, 0.3) is 0 Å². The fourth-order valence-corrected chi connectivity index (χ4v) is 4.64. The monoisotopic (exact) mass is 361 g/mol. The number of carbonyl (C=O) groups excluding carboxylic acids is 2. The van der Waals surface area contributed by atoms with Crippen LogP contribution in [0.2, 0.25) is 5.02 Å². The number of para-hydroxylation sites is 1. The van der Waals surface area contributed by atoms with E-state index in [9.17, 15) is 9.59 Å². The van der Waals surface area contributed by atoms with Crippen molar-refractivity contribution in [2.75, 3.05) is 18.4 Å². The van der Waals surface area contributed by atoms with E-state index < -0.39 is 5.54 Å². The van der Waals surface area contributed by atoms with Crippen LogP contribution in [-0.4, -0.2) is 46.4 Å². The molecular formula is C19H24ClN3O2. The van der Waals surface area contributed by atoms with Crippen LogP contribution >= 0.6 is 11.6 Å². The van der Waals surface area contributed by atoms with Crippen LogP contribution in [0.4, 0.5) is 10.5 Å². The van der Waals surface area contributed by atoms with Gasteiger partial charge in [0.15, 0.2) is 0 Å². The third-order valence-corrected chi connectivity index (χ3v) is 6.14. The molecule has 1 atom stereocenters. The molecule has 6 heteroatoms. The number of carbonyl (C=O) groups is 2. The van der Waals surface area contributed by atoms with Gasteiger partial charge in [-0.25, -0.2) is 4.79 Å². The molecular weight excluding hydrogens is 338 g/mol. The number of hydrogen-bond acceptors (Lipinski definition) is 2. The number of anilines is 1. The van der Waals surface area contributed by atoms with Crippen molar-refractivity contribution in [1.82, 2.24) is 9.80 Å². The highest BCUT2D eigenvalue weighted by atomic mass is 35.5. The number of halogens is 1. The Bertz CT molecular complexity index is 698. The summed E-state index contributed by atoms with van der Waals surface area (Å²) in [7, 11) is 0. The van der Waals surface area contributed by atoms with E-state index in [0.29, 0.717) is 23.3 Å². The molecule has 134 valence electrons. The van der Waals surface area contributed by atoms with Gasteiger partial charge in [0, 0.05) is 19.1 Å². The van der Waals surface area contributed by atoms with Gasteiger partial charge in [-0.1, -0.05) is 23.7 Å². The average molecular weight is 362 g/mol. The minimum atomic E-state index is -0.653. The number of nitrogens with zero attached hydrogens (tertiary/aromatic N) is 2. The Morgan fingerprint density at radius 1 is 1.24 bits per heavy atom. The van der Waals surface area contributed by atoms with Crippen molar-refractivity contribution in [2.45, 2.75) is 57.0 Å². The lowest BCUT2D eigenvalue weighted by atomic mass is 9.85. The number of rotatable bonds is 2. The number of amides is 3. The molecule has 2 saturated heterocycles. The summed E-state index contributed by atoms with van der Waals surface area (Å²) in [6.45, 7) is 3.38. The maximum absolute atomic E-state index is 13.2. The Hall–Kier alpha value is -1.75. The summed E-state index contributed by atoms with van der Waals surface area (Å²) in [4.78, 5) is 30.0. The molecule has 1 aromatic rings. The van der Waals surface area contributed by atoms with Crippen molar-refractivity contribution in [3.63, 3.8) is 0 Å². The number of piperidine rings is 1. The first-order valence-corrected chi connectivity index (χ1v) is 9.55. The normalized spacial score (nSPS) is 26.4. The van der Waals surface area contributed by atoms with Crippen molar-refractivity contribution < 1.29 is 9.59 Å². The highest BCUT2D eigenvalue weighted by Gasteiger charge is 2.54. The van der Waals surface area contributed by atoms with E-state index in [4.69, 9.17) is 11.6 Å². The third-order valence-electron chi connectivity index (χ3n) is 5.82. The molecule has 25 heavy (non-hydrogen) atoms. The van der Waals surface area contributed by atoms with Gasteiger partial charge in [0.2, 0.25) is 5.91 Å². The number of urea groups is 1. The first-order chi connectivity index (χ1) is 12.0. The molecule has 3 aliphatic rings. The van der Waals surface area contributed by atoms with Gasteiger partial charge >= 0.3 is 6.03 Å². The molecule has 1 spiro atoms. The Labute approximate surface area is 153 Å². The Kier molecular flexibility index (Phi) is 4.14. The zero-order valence-electron chi connectivity index (χ0n) is 14.6. The molecule has 2 heterocycles. The summed E-state index contributed by atoms with van der Waals surface area (Å²) >= 11 is 6.25. The highest BCUT2D eigenvalue weighted by Crippen LogP contribution is 2.42. The minimum Gasteiger partial charge on any atom is -0.338 e. The van der Waals surface area contributed by atoms with Gasteiger partial charge in [-0.15, -0.1) is 0 Å². The first-order valence-electron chi connectivity index (χ1n) is 9.18. The molecule has 1 aliphatic carbocycles. The molecule has 4 rings (SSSR count). The van der Waals surface area contributed by atoms with Crippen LogP contribution in [0.3, 0.4) is 0 Å². The Morgan fingerprint density at radius 2 is 1.96 bits per heavy atom. The summed E-state index contributed by atoms with van der Waals surface area (Å²) < 4.78 is 0. The summed E-state index contributed by atoms with van der Waals surface area (Å²) in [5.74, 6) is 0.157. The van der Waals surface area contributed by atoms with Crippen molar-refractivity contribution in [3.05, 3.63) is 28.8 Å². The molecule has 1 unspecified atom stereocenters. The number of aryl methyl sites for hydroxylation is 1. The summed E-state index contributed by atoms with van der Waals surface area (Å²) in [5, 5.41) is 3.48. The summed E-state index contributed by atoms with van der Waals surface area (Å²) in [6, 6.07) is 5.75. The second kappa shape index (κ2) is 6.20. The average Bonchev–Trinajstić information content (AvgIpc) is 3.34. The van der Waals surface area contributed by atoms with E-state index >= 15 is 0 Å². The van der Waals surface area contributed by atoms with Gasteiger partial charge in [-0.05, 0) is 57.1 Å². The van der Waals surface area contributed by atoms with E-state index in [-0.39, 0.29) is 11.9 Å². The quantitative estimate of drug-likeness (QED) is 0.871. The second-order valence-corrected chi connectivity index (χ2v) is 7.89. The van der Waals surface area contributed by atoms with Crippen LogP contribution in [0.15, 0.2) is 18.2 Å². The van der Waals surface area contributed by atoms with Crippen LogP contribution in [0.1, 0.15) is 44.1 Å². The topological polar surface area (TPSA) is 52.7 Å². The van der Waals surface area contributed by atoms with E-state index in [1.807, 2.05) is 24.0 Å². The predicted octanol–water partition coefficient (Wildman–Crippen LogP) is 3.80. The molecule has 5 nitrogen and oxygen atoms in total. The number of likely N-dealkylation sites (tertiary alicyclic amines) is 2. The lowest BCUT2D eigenvalue weighted by molar-refractivity contribution is -0.146. The van der Waals surface area contributed by atoms with Crippen LogP contribution in [-0.2, 0) is 4.79 Å². The Morgan fingerprint density at radius 3 is 2.64 bits per heavy atom. The lowest BCUT2D eigenvalue weighted by Gasteiger charge is -2.44. The molecule has 3 fully saturated rings. The maximum Gasteiger partial charge on any atom is 0.322 e. The number of benzene rings is 1. The maximum atomic E-state index is 13.2. The standard InChI is InChI=1S/C19H24ClN3O2/c1-13-5-2-6-15(20)16(13)21-18(25)23-12-4-10-19(23)9-3-11-22(17(19)24)14-7-8-14/h2,5-6,14H,3-4,7-12H2,1H3,(H,21,25). The molecule has 0 bridgehead atoms. The molecule has 2 aliphatic heterocycles. The minimum absolute atomic E-state index is 0.157. The van der Waals surface area contributed by atoms with Gasteiger partial charge in [0.1, 0.15) is 5.54 Å². The van der Waals surface area contributed by atoms with Gasteiger partial charge in [0.25, 0.3) is 0 Å². The molecule has 0 radical (unpaired) electrons. The molecule has 1 aromatic carbocycles. The van der Waals surface area contributed by atoms with Crippen molar-refractivity contribution in [1.29, 1.82) is 0 Å². The van der Waals surface area contributed by atoms with Gasteiger partial charge in [-0.3, -0.25) is 4.79 Å². The van der Waals surface area contributed by atoms with Crippen molar-refractivity contribution in [2.24, 2.45) is 0 Å². The van der Waals surface area contributed by atoms with E-state index in [2.05, 4.69) is 5.32 Å². The zero-order chi connectivity index (χ0) is 17.6. The fourth-order valence-electron chi connectivity index (χ4n) is 4.37. The molecule has 3 amide bonds. The van der Waals surface area contributed by atoms with Crippen molar-refractivity contribution >= 4 is 29.2 Å². The smallest absolute Gasteiger partial charge is 0.322 e. The third kappa shape index (κ3) is 2.78. The zero-order valence-corrected chi connectivity index (χ0v) is 15.3. The molecule has 1 saturated carbocycles. The summed E-state index contributed by atoms with van der Waals surface area (Å²) in [6.07, 6.45) is 5.59. The number of hydrogen-bond donors (Lipinski definition) is 1. The fraction of sp³-hybridized carbons (Fsp3) is 0.579. The predicted molar refractivity (Wildman–Crippen MR) is 97.8 cm³/mol.